The molecule has 0 aliphatic carbocycles. The van der Waals surface area contributed by atoms with Gasteiger partial charge in [0.1, 0.15) is 5.82 Å². The van der Waals surface area contributed by atoms with Crippen molar-refractivity contribution < 1.29 is 9.13 Å². The summed E-state index contributed by atoms with van der Waals surface area (Å²) < 4.78 is 20.1. The van der Waals surface area contributed by atoms with E-state index in [0.29, 0.717) is 17.9 Å². The topological polar surface area (TPSA) is 35.2 Å². The Hall–Kier alpha value is -0.450. The van der Waals surface area contributed by atoms with E-state index in [9.17, 15) is 4.39 Å². The lowest BCUT2D eigenvalue weighted by Crippen LogP contribution is -2.39. The van der Waals surface area contributed by atoms with Gasteiger partial charge < -0.3 is 10.5 Å². The fourth-order valence-electron chi connectivity index (χ4n) is 2.33. The molecule has 94 valence electrons. The van der Waals surface area contributed by atoms with Crippen molar-refractivity contribution in [3.63, 3.8) is 0 Å². The zero-order chi connectivity index (χ0) is 12.4. The van der Waals surface area contributed by atoms with E-state index in [2.05, 4.69) is 22.9 Å². The molecule has 2 rings (SSSR count). The lowest BCUT2D eigenvalue weighted by molar-refractivity contribution is 0.0724. The van der Waals surface area contributed by atoms with E-state index in [1.807, 2.05) is 0 Å². The lowest BCUT2D eigenvalue weighted by atomic mass is 9.93. The molecule has 1 saturated heterocycles. The highest BCUT2D eigenvalue weighted by Gasteiger charge is 2.30. The van der Waals surface area contributed by atoms with Gasteiger partial charge in [0.25, 0.3) is 0 Å². The molecule has 1 aromatic rings. The summed E-state index contributed by atoms with van der Waals surface area (Å²) in [5.41, 5.74) is 6.76. The molecule has 0 radical (unpaired) electrons. The van der Waals surface area contributed by atoms with Crippen LogP contribution in [0.3, 0.4) is 0 Å². The minimum Gasteiger partial charge on any atom is -0.376 e. The molecule has 2 nitrogen and oxygen atoms in total. The first-order valence-electron chi connectivity index (χ1n) is 5.89. The average molecular weight is 302 g/mol. The smallest absolute Gasteiger partial charge is 0.126 e. The fourth-order valence-corrected chi connectivity index (χ4v) is 2.74. The Labute approximate surface area is 109 Å². The highest BCUT2D eigenvalue weighted by Crippen LogP contribution is 2.25. The van der Waals surface area contributed by atoms with Crippen LogP contribution in [0.15, 0.2) is 22.7 Å². The van der Waals surface area contributed by atoms with E-state index in [4.69, 9.17) is 10.5 Å². The maximum Gasteiger partial charge on any atom is 0.126 e. The predicted octanol–water partition coefficient (Wildman–Crippen LogP) is 2.88. The largest absolute Gasteiger partial charge is 0.376 e. The first-order chi connectivity index (χ1) is 8.08. The van der Waals surface area contributed by atoms with E-state index in [1.54, 1.807) is 12.1 Å². The van der Waals surface area contributed by atoms with Crippen LogP contribution in [-0.2, 0) is 11.2 Å². The summed E-state index contributed by atoms with van der Waals surface area (Å²) in [6, 6.07) is 4.80. The molecule has 17 heavy (non-hydrogen) atoms. The lowest BCUT2D eigenvalue weighted by Gasteiger charge is -2.22. The standard InChI is InChI=1S/C13H17BrFNO/c1-8-4-5-17-13(8)12(16)7-9-6-10(14)2-3-11(9)15/h2-3,6,8,12-13H,4-5,7,16H2,1H3. The Kier molecular flexibility index (Phi) is 4.17. The Morgan fingerprint density at radius 1 is 1.59 bits per heavy atom. The summed E-state index contributed by atoms with van der Waals surface area (Å²) in [7, 11) is 0. The zero-order valence-electron chi connectivity index (χ0n) is 9.83. The molecule has 1 aliphatic heterocycles. The van der Waals surface area contributed by atoms with Crippen LogP contribution in [-0.4, -0.2) is 18.8 Å². The number of rotatable bonds is 3. The molecule has 1 fully saturated rings. The van der Waals surface area contributed by atoms with Gasteiger partial charge >= 0.3 is 0 Å². The van der Waals surface area contributed by atoms with Gasteiger partial charge in [-0.15, -0.1) is 0 Å². The monoisotopic (exact) mass is 301 g/mol. The zero-order valence-corrected chi connectivity index (χ0v) is 11.4. The summed E-state index contributed by atoms with van der Waals surface area (Å²) in [4.78, 5) is 0. The average Bonchev–Trinajstić information content (AvgIpc) is 2.70. The first kappa shape index (κ1) is 13.0. The maximum absolute atomic E-state index is 13.6. The number of hydrogen-bond donors (Lipinski definition) is 1. The summed E-state index contributed by atoms with van der Waals surface area (Å²) in [6.07, 6.45) is 1.60. The number of benzene rings is 1. The third-order valence-electron chi connectivity index (χ3n) is 3.33. The van der Waals surface area contributed by atoms with Crippen molar-refractivity contribution in [2.75, 3.05) is 6.61 Å². The third-order valence-corrected chi connectivity index (χ3v) is 3.82. The number of ether oxygens (including phenoxy) is 1. The van der Waals surface area contributed by atoms with E-state index in [0.717, 1.165) is 17.5 Å². The van der Waals surface area contributed by atoms with Crippen molar-refractivity contribution in [2.45, 2.75) is 31.9 Å². The van der Waals surface area contributed by atoms with Crippen molar-refractivity contribution >= 4 is 15.9 Å². The molecule has 1 aromatic carbocycles. The Bertz CT molecular complexity index is 399. The molecule has 0 saturated carbocycles. The molecule has 2 N–H and O–H groups in total. The molecule has 0 amide bonds. The van der Waals surface area contributed by atoms with E-state index in [1.165, 1.54) is 6.07 Å². The molecule has 4 heteroatoms. The van der Waals surface area contributed by atoms with Crippen molar-refractivity contribution in [3.8, 4) is 0 Å². The molecule has 1 aliphatic rings. The highest BCUT2D eigenvalue weighted by molar-refractivity contribution is 9.10. The second-order valence-corrected chi connectivity index (χ2v) is 5.62. The predicted molar refractivity (Wildman–Crippen MR) is 69.3 cm³/mol. The van der Waals surface area contributed by atoms with E-state index >= 15 is 0 Å². The number of hydrogen-bond acceptors (Lipinski definition) is 2. The van der Waals surface area contributed by atoms with Crippen LogP contribution in [0, 0.1) is 11.7 Å². The van der Waals surface area contributed by atoms with Gasteiger partial charge in [0.2, 0.25) is 0 Å². The molecular formula is C13H17BrFNO. The minimum absolute atomic E-state index is 0.0494. The summed E-state index contributed by atoms with van der Waals surface area (Å²) >= 11 is 3.34. The Balaban J connectivity index is 2.07. The van der Waals surface area contributed by atoms with Gasteiger partial charge in [-0.2, -0.15) is 0 Å². The summed E-state index contributed by atoms with van der Waals surface area (Å²) in [5, 5.41) is 0. The highest BCUT2D eigenvalue weighted by atomic mass is 79.9. The quantitative estimate of drug-likeness (QED) is 0.932. The van der Waals surface area contributed by atoms with Gasteiger partial charge in [-0.3, -0.25) is 0 Å². The Morgan fingerprint density at radius 2 is 2.35 bits per heavy atom. The van der Waals surface area contributed by atoms with Crippen LogP contribution in [0.5, 0.6) is 0 Å². The Morgan fingerprint density at radius 3 is 3.00 bits per heavy atom. The molecule has 1 heterocycles. The van der Waals surface area contributed by atoms with Crippen molar-refractivity contribution in [1.29, 1.82) is 0 Å². The van der Waals surface area contributed by atoms with Gasteiger partial charge in [-0.1, -0.05) is 22.9 Å². The minimum atomic E-state index is -0.200. The molecule has 0 bridgehead atoms. The molecule has 3 unspecified atom stereocenters. The van der Waals surface area contributed by atoms with Gasteiger partial charge in [0, 0.05) is 17.1 Å². The van der Waals surface area contributed by atoms with Crippen LogP contribution in [0.2, 0.25) is 0 Å². The van der Waals surface area contributed by atoms with Crippen LogP contribution in [0.1, 0.15) is 18.9 Å². The molecule has 0 spiro atoms. The molecule has 0 aromatic heterocycles. The second-order valence-electron chi connectivity index (χ2n) is 4.71. The molecule has 3 atom stereocenters. The number of halogens is 2. The van der Waals surface area contributed by atoms with Gasteiger partial charge in [-0.05, 0) is 42.5 Å². The van der Waals surface area contributed by atoms with Crippen molar-refractivity contribution in [2.24, 2.45) is 11.7 Å². The SMILES string of the molecule is CC1CCOC1C(N)Cc1cc(Br)ccc1F. The van der Waals surface area contributed by atoms with Crippen LogP contribution < -0.4 is 5.73 Å². The van der Waals surface area contributed by atoms with Crippen molar-refractivity contribution in [1.82, 2.24) is 0 Å². The maximum atomic E-state index is 13.6. The summed E-state index contributed by atoms with van der Waals surface area (Å²) in [5.74, 6) is 0.259. The van der Waals surface area contributed by atoms with Crippen molar-refractivity contribution in [3.05, 3.63) is 34.1 Å². The van der Waals surface area contributed by atoms with Crippen LogP contribution in [0.25, 0.3) is 0 Å². The fraction of sp³-hybridized carbons (Fsp3) is 0.538. The van der Waals surface area contributed by atoms with E-state index < -0.39 is 0 Å². The van der Waals surface area contributed by atoms with E-state index in [-0.39, 0.29) is 18.0 Å². The van der Waals surface area contributed by atoms with Gasteiger partial charge in [-0.25, -0.2) is 4.39 Å². The molecular weight excluding hydrogens is 285 g/mol. The van der Waals surface area contributed by atoms with Crippen LogP contribution in [0.4, 0.5) is 4.39 Å². The third kappa shape index (κ3) is 3.06. The number of nitrogens with two attached hydrogens (primary N) is 1. The van der Waals surface area contributed by atoms with Gasteiger partial charge in [0.15, 0.2) is 0 Å². The summed E-state index contributed by atoms with van der Waals surface area (Å²) in [6.45, 7) is 2.90. The van der Waals surface area contributed by atoms with Crippen LogP contribution >= 0.6 is 15.9 Å². The first-order valence-corrected chi connectivity index (χ1v) is 6.68. The normalized spacial score (nSPS) is 26.1. The van der Waals surface area contributed by atoms with Gasteiger partial charge in [0.05, 0.1) is 6.10 Å². The second kappa shape index (κ2) is 5.46.